The minimum absolute atomic E-state index is 0.0515. The molecule has 4 nitrogen and oxygen atoms in total. The van der Waals surface area contributed by atoms with Gasteiger partial charge in [0.1, 0.15) is 0 Å². The van der Waals surface area contributed by atoms with Crippen LogP contribution in [0.3, 0.4) is 0 Å². The summed E-state index contributed by atoms with van der Waals surface area (Å²) in [6, 6.07) is 0. The van der Waals surface area contributed by atoms with E-state index in [0.29, 0.717) is 23.5 Å². The van der Waals surface area contributed by atoms with E-state index in [-0.39, 0.29) is 29.0 Å². The largest absolute Gasteiger partial charge is 0.489 e. The minimum atomic E-state index is -0.181. The zero-order valence-corrected chi connectivity index (χ0v) is 11.9. The zero-order valence-electron chi connectivity index (χ0n) is 11.9. The topological polar surface area (TPSA) is 52.6 Å². The van der Waals surface area contributed by atoms with Crippen molar-refractivity contribution >= 4 is 11.6 Å². The fourth-order valence-corrected chi connectivity index (χ4v) is 3.05. The van der Waals surface area contributed by atoms with Crippen molar-refractivity contribution in [2.75, 3.05) is 14.2 Å². The van der Waals surface area contributed by atoms with Crippen molar-refractivity contribution in [1.82, 2.24) is 0 Å². The lowest BCUT2D eigenvalue weighted by Gasteiger charge is -2.33. The Bertz CT molecular complexity index is 482. The van der Waals surface area contributed by atoms with Gasteiger partial charge in [-0.05, 0) is 31.1 Å². The van der Waals surface area contributed by atoms with Crippen molar-refractivity contribution in [2.24, 2.45) is 11.8 Å². The molecule has 0 bridgehead atoms. The molecule has 1 unspecified atom stereocenters. The summed E-state index contributed by atoms with van der Waals surface area (Å²) in [6.45, 7) is 4.17. The first kappa shape index (κ1) is 13.8. The minimum Gasteiger partial charge on any atom is -0.489 e. The Labute approximate surface area is 113 Å². The molecule has 0 heterocycles. The van der Waals surface area contributed by atoms with Gasteiger partial charge in [0.15, 0.2) is 0 Å². The SMILES string of the molecule is COC1=C(OC)C(=O)C2=C(CCCC2C(C)C)C1=O. The molecule has 0 aromatic heterocycles. The van der Waals surface area contributed by atoms with Crippen molar-refractivity contribution in [3.05, 3.63) is 22.7 Å². The monoisotopic (exact) mass is 264 g/mol. The molecule has 0 aliphatic heterocycles. The predicted octanol–water partition coefficient (Wildman–Crippen LogP) is 2.40. The van der Waals surface area contributed by atoms with Crippen molar-refractivity contribution in [3.63, 3.8) is 0 Å². The van der Waals surface area contributed by atoms with E-state index in [0.717, 1.165) is 12.8 Å². The number of allylic oxidation sites excluding steroid dienone is 2. The third-order valence-electron chi connectivity index (χ3n) is 3.99. The summed E-state index contributed by atoms with van der Waals surface area (Å²) in [5.74, 6) is 0.231. The van der Waals surface area contributed by atoms with Crippen LogP contribution in [0.1, 0.15) is 33.1 Å². The van der Waals surface area contributed by atoms with Gasteiger partial charge in [-0.2, -0.15) is 0 Å². The van der Waals surface area contributed by atoms with Gasteiger partial charge in [-0.1, -0.05) is 13.8 Å². The van der Waals surface area contributed by atoms with Gasteiger partial charge >= 0.3 is 0 Å². The van der Waals surface area contributed by atoms with Crippen LogP contribution in [0.15, 0.2) is 22.7 Å². The Balaban J connectivity index is 2.54. The van der Waals surface area contributed by atoms with E-state index >= 15 is 0 Å². The van der Waals surface area contributed by atoms with Crippen LogP contribution in [0, 0.1) is 11.8 Å². The number of carbonyl (C=O) groups excluding carboxylic acids is 2. The maximum Gasteiger partial charge on any atom is 0.228 e. The molecule has 0 spiro atoms. The summed E-state index contributed by atoms with van der Waals surface area (Å²) in [5, 5.41) is 0. The predicted molar refractivity (Wildman–Crippen MR) is 70.3 cm³/mol. The standard InChI is InChI=1S/C15H20O4/c1-8(2)9-6-5-7-10-11(9)13(17)15(19-4)14(18-3)12(10)16/h8-9H,5-7H2,1-4H3. The van der Waals surface area contributed by atoms with Crippen molar-refractivity contribution in [3.8, 4) is 0 Å². The third-order valence-corrected chi connectivity index (χ3v) is 3.99. The molecule has 0 saturated carbocycles. The lowest BCUT2D eigenvalue weighted by molar-refractivity contribution is -0.122. The van der Waals surface area contributed by atoms with Gasteiger partial charge < -0.3 is 9.47 Å². The highest BCUT2D eigenvalue weighted by Crippen LogP contribution is 2.41. The van der Waals surface area contributed by atoms with E-state index in [9.17, 15) is 9.59 Å². The number of methoxy groups -OCH3 is 2. The number of Topliss-reactive ketones (excluding diaryl/α,β-unsaturated/α-hetero) is 2. The summed E-state index contributed by atoms with van der Waals surface area (Å²) < 4.78 is 10.2. The fourth-order valence-electron chi connectivity index (χ4n) is 3.05. The molecule has 0 amide bonds. The van der Waals surface area contributed by atoms with Gasteiger partial charge in [-0.25, -0.2) is 0 Å². The first-order valence-corrected chi connectivity index (χ1v) is 6.67. The van der Waals surface area contributed by atoms with Gasteiger partial charge in [0.25, 0.3) is 0 Å². The van der Waals surface area contributed by atoms with Crippen molar-refractivity contribution < 1.29 is 19.1 Å². The maximum absolute atomic E-state index is 12.5. The van der Waals surface area contributed by atoms with Crippen LogP contribution in [0.5, 0.6) is 0 Å². The Hall–Kier alpha value is -1.58. The number of hydrogen-bond donors (Lipinski definition) is 0. The molecule has 0 N–H and O–H groups in total. The van der Waals surface area contributed by atoms with E-state index in [2.05, 4.69) is 13.8 Å². The van der Waals surface area contributed by atoms with Crippen LogP contribution in [0.25, 0.3) is 0 Å². The highest BCUT2D eigenvalue weighted by molar-refractivity contribution is 6.24. The van der Waals surface area contributed by atoms with E-state index in [1.165, 1.54) is 14.2 Å². The third kappa shape index (κ3) is 2.09. The van der Waals surface area contributed by atoms with Crippen molar-refractivity contribution in [1.29, 1.82) is 0 Å². The number of ketones is 2. The normalized spacial score (nSPS) is 23.9. The molecule has 2 aliphatic rings. The van der Waals surface area contributed by atoms with Crippen LogP contribution in [-0.4, -0.2) is 25.8 Å². The first-order valence-electron chi connectivity index (χ1n) is 6.67. The Morgan fingerprint density at radius 2 is 1.63 bits per heavy atom. The van der Waals surface area contributed by atoms with Gasteiger partial charge in [0.05, 0.1) is 14.2 Å². The fraction of sp³-hybridized carbons (Fsp3) is 0.600. The van der Waals surface area contributed by atoms with Gasteiger partial charge in [-0.15, -0.1) is 0 Å². The second-order valence-electron chi connectivity index (χ2n) is 5.36. The molecule has 4 heteroatoms. The molecule has 0 aromatic carbocycles. The summed E-state index contributed by atoms with van der Waals surface area (Å²) in [6.07, 6.45) is 2.56. The highest BCUT2D eigenvalue weighted by Gasteiger charge is 2.41. The quantitative estimate of drug-likeness (QED) is 0.734. The van der Waals surface area contributed by atoms with Crippen LogP contribution in [0.4, 0.5) is 0 Å². The lowest BCUT2D eigenvalue weighted by Crippen LogP contribution is -2.33. The lowest BCUT2D eigenvalue weighted by atomic mass is 9.72. The summed E-state index contributed by atoms with van der Waals surface area (Å²) in [5.41, 5.74) is 1.29. The number of rotatable bonds is 3. The zero-order chi connectivity index (χ0) is 14.2. The molecule has 2 aliphatic carbocycles. The molecule has 104 valence electrons. The first-order chi connectivity index (χ1) is 9.02. The Morgan fingerprint density at radius 3 is 2.16 bits per heavy atom. The molecule has 0 aromatic rings. The molecule has 0 fully saturated rings. The molecule has 1 atom stereocenters. The summed E-state index contributed by atoms with van der Waals surface area (Å²) in [7, 11) is 2.80. The van der Waals surface area contributed by atoms with E-state index in [1.807, 2.05) is 0 Å². The Kier molecular flexibility index (Phi) is 3.78. The van der Waals surface area contributed by atoms with Crippen LogP contribution >= 0.6 is 0 Å². The highest BCUT2D eigenvalue weighted by atomic mass is 16.5. The van der Waals surface area contributed by atoms with Gasteiger partial charge in [0, 0.05) is 11.1 Å². The van der Waals surface area contributed by atoms with Gasteiger partial charge in [-0.3, -0.25) is 9.59 Å². The number of ether oxygens (including phenoxy) is 2. The summed E-state index contributed by atoms with van der Waals surface area (Å²) >= 11 is 0. The summed E-state index contributed by atoms with van der Waals surface area (Å²) in [4.78, 5) is 24.9. The molecule has 19 heavy (non-hydrogen) atoms. The average molecular weight is 264 g/mol. The maximum atomic E-state index is 12.5. The van der Waals surface area contributed by atoms with Crippen LogP contribution < -0.4 is 0 Å². The van der Waals surface area contributed by atoms with Crippen LogP contribution in [0.2, 0.25) is 0 Å². The average Bonchev–Trinajstić information content (AvgIpc) is 2.41. The molecule has 2 rings (SSSR count). The molecular weight excluding hydrogens is 244 g/mol. The van der Waals surface area contributed by atoms with Crippen molar-refractivity contribution in [2.45, 2.75) is 33.1 Å². The second-order valence-corrected chi connectivity index (χ2v) is 5.36. The van der Waals surface area contributed by atoms with Crippen LogP contribution in [-0.2, 0) is 19.1 Å². The van der Waals surface area contributed by atoms with E-state index in [4.69, 9.17) is 9.47 Å². The van der Waals surface area contributed by atoms with Gasteiger partial charge in [0.2, 0.25) is 23.1 Å². The number of hydrogen-bond acceptors (Lipinski definition) is 4. The second kappa shape index (κ2) is 5.19. The smallest absolute Gasteiger partial charge is 0.228 e. The Morgan fingerprint density at radius 1 is 1.05 bits per heavy atom. The number of carbonyl (C=O) groups is 2. The molecular formula is C15H20O4. The van der Waals surface area contributed by atoms with E-state index < -0.39 is 0 Å². The van der Waals surface area contributed by atoms with E-state index in [1.54, 1.807) is 0 Å². The molecule has 0 radical (unpaired) electrons. The molecule has 0 saturated heterocycles.